The summed E-state index contributed by atoms with van der Waals surface area (Å²) in [6.07, 6.45) is -111. The molecule has 67 nitrogen and oxygen atoms in total. The smallest absolute Gasteiger partial charge is 0.397 e. The summed E-state index contributed by atoms with van der Waals surface area (Å²) in [6, 6.07) is -12.0. The van der Waals surface area contributed by atoms with Crippen LogP contribution >= 0.6 is 0 Å². The van der Waals surface area contributed by atoms with Gasteiger partial charge >= 0.3 is 16.4 Å². The van der Waals surface area contributed by atoms with E-state index in [9.17, 15) is 195 Å². The zero-order chi connectivity index (χ0) is 110. The van der Waals surface area contributed by atoms with Crippen molar-refractivity contribution in [2.24, 2.45) is 0 Å². The number of carboxylic acid groups (broad SMARTS) is 1. The van der Waals surface area contributed by atoms with E-state index < -0.39 is 467 Å². The van der Waals surface area contributed by atoms with Crippen LogP contribution in [0.1, 0.15) is 54.9 Å². The lowest BCUT2D eigenvalue weighted by molar-refractivity contribution is -0.399. The molecule has 11 rings (SSSR count). The molecule has 11 fully saturated rings. The van der Waals surface area contributed by atoms with Gasteiger partial charge < -0.3 is 279 Å². The number of rotatable bonds is 41. The van der Waals surface area contributed by atoms with Crippen LogP contribution in [0.4, 0.5) is 0 Å². The number of carbonyl (C=O) groups is 7. The molecule has 0 bridgehead atoms. The van der Waals surface area contributed by atoms with Crippen LogP contribution in [0.25, 0.3) is 0 Å². The Bertz CT molecular complexity index is 4440. The first kappa shape index (κ1) is 123. The van der Waals surface area contributed by atoms with Crippen molar-refractivity contribution in [3.8, 4) is 0 Å². The van der Waals surface area contributed by atoms with Crippen LogP contribution in [0, 0.1) is 0 Å². The number of nitrogens with one attached hydrogen (secondary N) is 6. The SMILES string of the molecule is CC(=O)N[C@@H]1[C@H](O[C@@H]2[C@@H](O[C@@H]3[C@H](O)[C@H](O[C@H]4[C@H](O)[C@@H](NC(C)=O)[C@H](O[C@H]5[C@H](O)[C@@H](NC(C)=O)C(O)O[C@@H]5CO[C@@H]5O[C@@H](C)[C@@H](O)[C@@H](O)[C@@H]5O)O[C@@H]4CO)O[C@H](CO[C@H]4O[C@H](CO)[C@@H](O)[C@H](O)[C@@H]4O[C@@H]4O[C@H](CO)[C@@H](O[C@@H]5O[C@H](CO)[C@H](O)[C@H](O[C@]6(C(=O)O)C[C@H](O)[C@@H](NC(C)=O)[C@H]([C@H](O)[C@H](O)CO)O6)[C@H]5O)[C@H](O)[C@H]4NC(C)=O)[C@H]3O)O[C@H](CO)[C@@H](O)[C@@H]2O)O[C@H](CO)[C@@H](O[C@@H]2O[C@H](CO)[C@H](OS(=O)(=O)O)[C@H](O)[C@H]2NC(C)=O)[C@@H]1O. The first-order chi connectivity index (χ1) is 70.0. The van der Waals surface area contributed by atoms with Gasteiger partial charge in [-0.3, -0.25) is 33.3 Å². The van der Waals surface area contributed by atoms with Crippen LogP contribution in [0.3, 0.4) is 0 Å². The predicted octanol–water partition coefficient (Wildman–Crippen LogP) is -24.1. The van der Waals surface area contributed by atoms with Gasteiger partial charge in [-0.15, -0.1) is 0 Å². The normalized spacial score (nSPS) is 46.4. The minimum absolute atomic E-state index is 0.844. The van der Waals surface area contributed by atoms with E-state index in [1.807, 2.05) is 0 Å². The molecule has 0 spiro atoms. The topological polar surface area (TPSA) is 1040 Å². The van der Waals surface area contributed by atoms with Crippen LogP contribution in [0.5, 0.6) is 0 Å². The first-order valence-electron chi connectivity index (χ1n) is 46.8. The Morgan fingerprint density at radius 2 is 0.644 bits per heavy atom. The van der Waals surface area contributed by atoms with Crippen molar-refractivity contribution in [3.05, 3.63) is 0 Å². The van der Waals surface area contributed by atoms with Crippen LogP contribution < -0.4 is 31.9 Å². The summed E-state index contributed by atoms with van der Waals surface area (Å²) in [7, 11) is -5.49. The largest absolute Gasteiger partial charge is 0.477 e. The maximum Gasteiger partial charge on any atom is 0.397 e. The highest BCUT2D eigenvalue weighted by Crippen LogP contribution is 2.44. The fourth-order valence-electron chi connectivity index (χ4n) is 19.0. The van der Waals surface area contributed by atoms with E-state index in [0.29, 0.717) is 0 Å². The molecular formula is C81H134N6O61S. The third-order valence-corrected chi connectivity index (χ3v) is 27.0. The molecule has 0 aromatic carbocycles. The van der Waals surface area contributed by atoms with Crippen LogP contribution in [0.15, 0.2) is 0 Å². The van der Waals surface area contributed by atoms with E-state index >= 15 is 0 Å². The highest BCUT2D eigenvalue weighted by Gasteiger charge is 2.65. The fourth-order valence-corrected chi connectivity index (χ4v) is 19.5. The lowest BCUT2D eigenvalue weighted by Gasteiger charge is -2.51. The Labute approximate surface area is 843 Å². The Hall–Kier alpha value is -5.80. The maximum atomic E-state index is 13.4. The second-order valence-corrected chi connectivity index (χ2v) is 38.2. The predicted molar refractivity (Wildman–Crippen MR) is 458 cm³/mol. The molecule has 11 heterocycles. The van der Waals surface area contributed by atoms with Crippen LogP contribution in [-0.4, -0.2) is 612 Å². The molecule has 0 aliphatic carbocycles. The summed E-state index contributed by atoms with van der Waals surface area (Å²) in [5.74, 6) is -11.5. The second kappa shape index (κ2) is 53.0. The van der Waals surface area contributed by atoms with Gasteiger partial charge in [-0.25, -0.2) is 8.98 Å². The highest BCUT2D eigenvalue weighted by atomic mass is 32.3. The average Bonchev–Trinajstić information content (AvgIpc) is 0.759. The molecule has 6 amide bonds. The number of carbonyl (C=O) groups excluding carboxylic acids is 6. The fraction of sp³-hybridized carbons (Fsp3) is 0.914. The van der Waals surface area contributed by atoms with Crippen LogP contribution in [0.2, 0.25) is 0 Å². The molecule has 11 aliphatic rings. The Kier molecular flexibility index (Phi) is 43.9. The summed E-state index contributed by atoms with van der Waals surface area (Å²) in [5, 5.41) is 344. The lowest BCUT2D eigenvalue weighted by Crippen LogP contribution is -2.71. The van der Waals surface area contributed by atoms with Crippen LogP contribution in [-0.2, 0) is 148 Å². The van der Waals surface area contributed by atoms with Gasteiger partial charge in [0.2, 0.25) is 35.4 Å². The molecular weight excluding hydrogens is 2060 g/mol. The molecule has 36 N–H and O–H groups in total. The minimum Gasteiger partial charge on any atom is -0.477 e. The van der Waals surface area contributed by atoms with E-state index in [2.05, 4.69) is 36.1 Å². The number of hydrogen-bond acceptors (Lipinski definition) is 59. The molecule has 11 saturated heterocycles. The summed E-state index contributed by atoms with van der Waals surface area (Å²) in [4.78, 5) is 90.8. The van der Waals surface area contributed by atoms with Crippen molar-refractivity contribution in [3.63, 3.8) is 0 Å². The second-order valence-electron chi connectivity index (χ2n) is 37.2. The van der Waals surface area contributed by atoms with Gasteiger partial charge in [0.1, 0.15) is 256 Å². The number of aliphatic hydroxyl groups is 28. The van der Waals surface area contributed by atoms with E-state index in [4.69, 9.17) is 99.5 Å². The zero-order valence-corrected chi connectivity index (χ0v) is 80.8. The highest BCUT2D eigenvalue weighted by molar-refractivity contribution is 7.80. The van der Waals surface area contributed by atoms with Gasteiger partial charge in [-0.2, -0.15) is 8.42 Å². The molecule has 1 unspecified atom stereocenters. The van der Waals surface area contributed by atoms with E-state index in [0.717, 1.165) is 41.5 Å². The van der Waals surface area contributed by atoms with Crippen molar-refractivity contribution in [2.75, 3.05) is 66.1 Å². The number of amides is 6. The Balaban J connectivity index is 0.924. The lowest BCUT2D eigenvalue weighted by atomic mass is 9.88. The Morgan fingerprint density at radius 3 is 1.06 bits per heavy atom. The number of hydrogen-bond donors (Lipinski definition) is 36. The number of aliphatic hydroxyl groups excluding tert-OH is 28. The quantitative estimate of drug-likeness (QED) is 0.0253. The molecule has 149 heavy (non-hydrogen) atoms. The Morgan fingerprint density at radius 1 is 0.322 bits per heavy atom. The summed E-state index contributed by atoms with van der Waals surface area (Å²) < 4.78 is 164. The van der Waals surface area contributed by atoms with Gasteiger partial charge in [0.15, 0.2) is 62.9 Å². The third kappa shape index (κ3) is 28.3. The third-order valence-electron chi connectivity index (χ3n) is 26.5. The van der Waals surface area contributed by atoms with E-state index in [1.54, 1.807) is 0 Å². The standard InChI is InChI=1S/C81H134N6O61S/c1-19-43(104)54(115)57(118)75(129-19)127-18-36-63(49(110)38(70(121)130-36)83-21(3)97)140-71-39(84-22(4)98)51(112)61(32(14-93)134-71)141-76-58(119)66(143-79-69(56(117)46(107)29(11-90)133-79)145-74-40(85-23(5)99)50(111)60(31(13-92)135-74)139-72-42(87-25(7)101)53(114)64(34(16-95)137-72)148-149(124,125)126)48(109)35(138-76)17-128-78-68(55(116)45(106)28(10-89)132-78)144-73-41(86-24(6)100)52(113)62(33(15-94)136-73)142-77-59(120)67(47(108)30(12-91)131-77)147-81(80(122)123)8-26(102)37(82-20(2)96)65(146-81)44(105)27(103)9-88/h19,26-79,88-95,102-121H,8-18H2,1-7H3,(H,82,96)(H,83,97)(H,84,98)(H,85,99)(H,86,100)(H,87,101)(H,122,123)(H,124,125,126)/t19-,26-,27+,28+,29+,30+,31+,32+,33+,34+,35+,36+,37+,38+,39+,40-,41+,42+,43+,44+,45+,46+,47-,48+,49+,50+,51+,52+,53+,54+,55-,56-,57-,58-,59+,60+,61+,62+,63+,64-,65+,66-,67-,68-,69-,70?,71-,72-,73-,74-,75+,76-,77-,78-,79+,81-/m0/s1. The summed E-state index contributed by atoms with van der Waals surface area (Å²) >= 11 is 0. The van der Waals surface area contributed by atoms with Gasteiger partial charge in [-0.1, -0.05) is 0 Å². The van der Waals surface area contributed by atoms with Gasteiger partial charge in [-0.05, 0) is 6.92 Å². The monoisotopic (exact) mass is 2200 g/mol. The number of carboxylic acids is 1. The zero-order valence-electron chi connectivity index (χ0n) is 80.0. The molecule has 0 saturated carbocycles. The molecule has 0 aromatic rings. The summed E-state index contributed by atoms with van der Waals surface area (Å²) in [5.41, 5.74) is 0. The average molecular weight is 2200 g/mol. The van der Waals surface area contributed by atoms with Crippen molar-refractivity contribution in [2.45, 2.75) is 398 Å². The molecule has 0 aromatic heterocycles. The first-order valence-corrected chi connectivity index (χ1v) is 48.1. The molecule has 0 radical (unpaired) electrons. The number of ether oxygens (including phenoxy) is 21. The molecule has 56 atom stereocenters. The molecule has 68 heteroatoms. The molecule has 11 aliphatic heterocycles. The minimum atomic E-state index is -5.49. The van der Waals surface area contributed by atoms with Crippen molar-refractivity contribution in [1.29, 1.82) is 0 Å². The van der Waals surface area contributed by atoms with Crippen molar-refractivity contribution in [1.82, 2.24) is 31.9 Å². The summed E-state index contributed by atoms with van der Waals surface area (Å²) in [6.45, 7) is -5.89. The van der Waals surface area contributed by atoms with Crippen molar-refractivity contribution >= 4 is 51.8 Å². The van der Waals surface area contributed by atoms with E-state index in [1.165, 1.54) is 6.92 Å². The van der Waals surface area contributed by atoms with E-state index in [-0.39, 0.29) is 0 Å². The van der Waals surface area contributed by atoms with Gasteiger partial charge in [0.05, 0.1) is 84.3 Å². The van der Waals surface area contributed by atoms with Gasteiger partial charge in [0.25, 0.3) is 5.79 Å². The molecule has 860 valence electrons. The number of aliphatic carboxylic acids is 1. The van der Waals surface area contributed by atoms with Crippen molar-refractivity contribution < 1.29 is 298 Å². The maximum absolute atomic E-state index is 13.4. The van der Waals surface area contributed by atoms with Gasteiger partial charge in [0, 0.05) is 48.0 Å².